The van der Waals surface area contributed by atoms with Crippen LogP contribution in [0, 0.1) is 0 Å². The van der Waals surface area contributed by atoms with Crippen molar-refractivity contribution in [2.24, 2.45) is 7.05 Å². The van der Waals surface area contributed by atoms with Crippen LogP contribution in [0.3, 0.4) is 0 Å². The van der Waals surface area contributed by atoms with E-state index in [0.29, 0.717) is 0 Å². The predicted molar refractivity (Wildman–Crippen MR) is 67.8 cm³/mol. The number of fused-ring (bicyclic) bond motifs is 1. The predicted octanol–water partition coefficient (Wildman–Crippen LogP) is 2.95. The van der Waals surface area contributed by atoms with Gasteiger partial charge >= 0.3 is 0 Å². The Morgan fingerprint density at radius 1 is 1.06 bits per heavy atom. The molecule has 1 aromatic heterocycles. The highest BCUT2D eigenvalue weighted by molar-refractivity contribution is 5.86. The first-order valence-electron chi connectivity index (χ1n) is 5.45. The molecule has 1 N–H and O–H groups in total. The van der Waals surface area contributed by atoms with Crippen LogP contribution in [0.25, 0.3) is 22.2 Å². The summed E-state index contributed by atoms with van der Waals surface area (Å²) in [4.78, 5) is 4.11. The summed E-state index contributed by atoms with van der Waals surface area (Å²) in [7, 11) is 1.87. The minimum absolute atomic E-state index is 0.0515. The van der Waals surface area contributed by atoms with Gasteiger partial charge in [-0.25, -0.2) is 0 Å². The monoisotopic (exact) mass is 224 g/mol. The molecule has 3 aromatic rings. The van der Waals surface area contributed by atoms with Crippen LogP contribution in [0.2, 0.25) is 0 Å². The molecule has 3 rings (SSSR count). The second kappa shape index (κ2) is 3.63. The lowest BCUT2D eigenvalue weighted by molar-refractivity contribution is 0.456. The van der Waals surface area contributed by atoms with E-state index in [1.54, 1.807) is 6.20 Å². The van der Waals surface area contributed by atoms with Gasteiger partial charge in [-0.1, -0.05) is 36.4 Å². The normalized spacial score (nSPS) is 10.9. The highest BCUT2D eigenvalue weighted by atomic mass is 16.3. The summed E-state index contributed by atoms with van der Waals surface area (Å²) in [5.41, 5.74) is 1.01. The standard InChI is InChI=1S/C14H12N2O/c1-16-9-13(17)15-14(16)12-7-6-10-4-2-3-5-11(10)8-12/h2-9,17H,1H3. The number of rotatable bonds is 1. The fraction of sp³-hybridized carbons (Fsp3) is 0.0714. The quantitative estimate of drug-likeness (QED) is 0.690. The maximum Gasteiger partial charge on any atom is 0.229 e. The van der Waals surface area contributed by atoms with Crippen LogP contribution in [0.5, 0.6) is 5.88 Å². The van der Waals surface area contributed by atoms with Crippen LogP contribution in [-0.2, 0) is 7.05 Å². The zero-order chi connectivity index (χ0) is 11.8. The maximum atomic E-state index is 9.38. The largest absolute Gasteiger partial charge is 0.492 e. The SMILES string of the molecule is Cn1cc(O)nc1-c1ccc2ccccc2c1. The van der Waals surface area contributed by atoms with E-state index in [-0.39, 0.29) is 5.88 Å². The van der Waals surface area contributed by atoms with Gasteiger partial charge in [0.05, 0.1) is 6.20 Å². The molecule has 0 saturated heterocycles. The van der Waals surface area contributed by atoms with Crippen molar-refractivity contribution in [2.45, 2.75) is 0 Å². The van der Waals surface area contributed by atoms with E-state index < -0.39 is 0 Å². The van der Waals surface area contributed by atoms with Gasteiger partial charge < -0.3 is 9.67 Å². The molecule has 0 amide bonds. The fourth-order valence-electron chi connectivity index (χ4n) is 2.05. The molecule has 1 heterocycles. The van der Waals surface area contributed by atoms with Crippen LogP contribution >= 0.6 is 0 Å². The van der Waals surface area contributed by atoms with Gasteiger partial charge in [0.1, 0.15) is 5.82 Å². The van der Waals surface area contributed by atoms with E-state index in [9.17, 15) is 5.11 Å². The van der Waals surface area contributed by atoms with Crippen molar-refractivity contribution >= 4 is 10.8 Å². The molecule has 0 bridgehead atoms. The molecule has 0 fully saturated rings. The lowest BCUT2D eigenvalue weighted by Crippen LogP contribution is -1.90. The Hall–Kier alpha value is -2.29. The Bertz CT molecular complexity index is 686. The third kappa shape index (κ3) is 1.65. The number of hydrogen-bond acceptors (Lipinski definition) is 2. The van der Waals surface area contributed by atoms with Gasteiger partial charge in [-0.15, -0.1) is 0 Å². The van der Waals surface area contributed by atoms with E-state index >= 15 is 0 Å². The number of aryl methyl sites for hydroxylation is 1. The number of aromatic hydroxyl groups is 1. The average molecular weight is 224 g/mol. The van der Waals surface area contributed by atoms with E-state index in [4.69, 9.17) is 0 Å². The van der Waals surface area contributed by atoms with Crippen LogP contribution in [0.1, 0.15) is 0 Å². The third-order valence-corrected chi connectivity index (χ3v) is 2.87. The summed E-state index contributed by atoms with van der Waals surface area (Å²) < 4.78 is 1.82. The van der Waals surface area contributed by atoms with Crippen LogP contribution in [0.15, 0.2) is 48.7 Å². The highest BCUT2D eigenvalue weighted by Gasteiger charge is 2.07. The lowest BCUT2D eigenvalue weighted by atomic mass is 10.1. The minimum Gasteiger partial charge on any atom is -0.492 e. The summed E-state index contributed by atoms with van der Waals surface area (Å²) in [5, 5.41) is 11.8. The second-order valence-electron chi connectivity index (χ2n) is 4.10. The molecule has 84 valence electrons. The smallest absolute Gasteiger partial charge is 0.229 e. The van der Waals surface area contributed by atoms with Gasteiger partial charge in [0.2, 0.25) is 5.88 Å². The van der Waals surface area contributed by atoms with Gasteiger partial charge in [-0.3, -0.25) is 0 Å². The van der Waals surface area contributed by atoms with Crippen molar-refractivity contribution in [2.75, 3.05) is 0 Å². The number of benzene rings is 2. The Morgan fingerprint density at radius 3 is 2.53 bits per heavy atom. The second-order valence-corrected chi connectivity index (χ2v) is 4.10. The Balaban J connectivity index is 2.21. The summed E-state index contributed by atoms with van der Waals surface area (Å²) >= 11 is 0. The summed E-state index contributed by atoms with van der Waals surface area (Å²) in [5.74, 6) is 0.823. The summed E-state index contributed by atoms with van der Waals surface area (Å²) in [6, 6.07) is 14.4. The van der Waals surface area contributed by atoms with Crippen LogP contribution in [0.4, 0.5) is 0 Å². The van der Waals surface area contributed by atoms with Gasteiger partial charge in [0, 0.05) is 12.6 Å². The van der Waals surface area contributed by atoms with E-state index in [2.05, 4.69) is 29.2 Å². The molecular weight excluding hydrogens is 212 g/mol. The molecule has 0 radical (unpaired) electrons. The zero-order valence-corrected chi connectivity index (χ0v) is 9.46. The molecule has 0 spiro atoms. The number of imidazole rings is 1. The van der Waals surface area contributed by atoms with Crippen molar-refractivity contribution in [3.63, 3.8) is 0 Å². The van der Waals surface area contributed by atoms with Gasteiger partial charge in [-0.2, -0.15) is 4.98 Å². The highest BCUT2D eigenvalue weighted by Crippen LogP contribution is 2.24. The topological polar surface area (TPSA) is 38.0 Å². The first-order chi connectivity index (χ1) is 8.24. The first kappa shape index (κ1) is 9.90. The molecule has 0 aliphatic carbocycles. The minimum atomic E-state index is 0.0515. The molecule has 0 atom stereocenters. The van der Waals surface area contributed by atoms with E-state index in [0.717, 1.165) is 11.4 Å². The Labute approximate surface area is 99.0 Å². The fourth-order valence-corrected chi connectivity index (χ4v) is 2.05. The Morgan fingerprint density at radius 2 is 1.82 bits per heavy atom. The lowest BCUT2D eigenvalue weighted by Gasteiger charge is -2.03. The van der Waals surface area contributed by atoms with Crippen LogP contribution in [-0.4, -0.2) is 14.7 Å². The number of nitrogens with zero attached hydrogens (tertiary/aromatic N) is 2. The molecular formula is C14H12N2O. The van der Waals surface area contributed by atoms with E-state index in [1.807, 2.05) is 29.8 Å². The summed E-state index contributed by atoms with van der Waals surface area (Å²) in [6.45, 7) is 0. The molecule has 2 aromatic carbocycles. The van der Waals surface area contributed by atoms with Crippen molar-refractivity contribution in [3.8, 4) is 17.3 Å². The van der Waals surface area contributed by atoms with Crippen molar-refractivity contribution in [1.82, 2.24) is 9.55 Å². The molecule has 3 nitrogen and oxygen atoms in total. The zero-order valence-electron chi connectivity index (χ0n) is 9.46. The van der Waals surface area contributed by atoms with Crippen molar-refractivity contribution in [3.05, 3.63) is 48.7 Å². The van der Waals surface area contributed by atoms with Gasteiger partial charge in [0.15, 0.2) is 0 Å². The van der Waals surface area contributed by atoms with Crippen molar-refractivity contribution < 1.29 is 5.11 Å². The Kier molecular flexibility index (Phi) is 2.11. The average Bonchev–Trinajstić information content (AvgIpc) is 2.68. The van der Waals surface area contributed by atoms with Gasteiger partial charge in [-0.05, 0) is 16.8 Å². The molecule has 0 unspecified atom stereocenters. The number of aromatic nitrogens is 2. The van der Waals surface area contributed by atoms with Crippen LogP contribution < -0.4 is 0 Å². The van der Waals surface area contributed by atoms with Gasteiger partial charge in [0.25, 0.3) is 0 Å². The maximum absolute atomic E-state index is 9.38. The molecule has 0 saturated carbocycles. The van der Waals surface area contributed by atoms with Crippen molar-refractivity contribution in [1.29, 1.82) is 0 Å². The molecule has 3 heteroatoms. The third-order valence-electron chi connectivity index (χ3n) is 2.87. The molecule has 0 aliphatic heterocycles. The molecule has 0 aliphatic rings. The number of hydrogen-bond donors (Lipinski definition) is 1. The molecule has 17 heavy (non-hydrogen) atoms. The first-order valence-corrected chi connectivity index (χ1v) is 5.45. The van der Waals surface area contributed by atoms with E-state index in [1.165, 1.54) is 10.8 Å². The summed E-state index contributed by atoms with van der Waals surface area (Å²) in [6.07, 6.45) is 1.60.